The Bertz CT molecular complexity index is 674. The average Bonchev–Trinajstić information content (AvgIpc) is 3.43. The van der Waals surface area contributed by atoms with Gasteiger partial charge in [0.25, 0.3) is 0 Å². The molecule has 1 saturated carbocycles. The van der Waals surface area contributed by atoms with Crippen LogP contribution in [0.5, 0.6) is 0 Å². The van der Waals surface area contributed by atoms with Crippen LogP contribution >= 0.6 is 0 Å². The van der Waals surface area contributed by atoms with Crippen molar-refractivity contribution in [1.82, 2.24) is 10.2 Å². The first kappa shape index (κ1) is 18.3. The van der Waals surface area contributed by atoms with E-state index in [1.807, 2.05) is 29.2 Å². The molecule has 2 saturated heterocycles. The average molecular weight is 370 g/mol. The highest BCUT2D eigenvalue weighted by molar-refractivity contribution is 5.95. The number of carbonyl (C=O) groups excluding carboxylic acids is 2. The van der Waals surface area contributed by atoms with Crippen molar-refractivity contribution in [2.24, 2.45) is 11.3 Å². The number of urea groups is 1. The van der Waals surface area contributed by atoms with E-state index < -0.39 is 0 Å². The van der Waals surface area contributed by atoms with E-state index in [0.717, 1.165) is 69.7 Å². The molecule has 0 bridgehead atoms. The number of anilines is 2. The van der Waals surface area contributed by atoms with Crippen molar-refractivity contribution in [3.63, 3.8) is 0 Å². The lowest BCUT2D eigenvalue weighted by Crippen LogP contribution is -2.35. The first-order valence-corrected chi connectivity index (χ1v) is 10.3. The molecule has 1 aromatic rings. The molecule has 27 heavy (non-hydrogen) atoms. The van der Waals surface area contributed by atoms with E-state index >= 15 is 0 Å². The molecule has 1 atom stereocenters. The molecule has 0 radical (unpaired) electrons. The third-order valence-corrected chi connectivity index (χ3v) is 6.40. The molecule has 2 heterocycles. The fourth-order valence-corrected chi connectivity index (χ4v) is 4.54. The molecule has 6 nitrogen and oxygen atoms in total. The summed E-state index contributed by atoms with van der Waals surface area (Å²) in [7, 11) is 0. The maximum atomic E-state index is 12.5. The maximum absolute atomic E-state index is 12.5. The van der Waals surface area contributed by atoms with Crippen LogP contribution in [0.15, 0.2) is 24.3 Å². The van der Waals surface area contributed by atoms with Crippen molar-refractivity contribution in [1.29, 1.82) is 0 Å². The van der Waals surface area contributed by atoms with E-state index in [2.05, 4.69) is 16.0 Å². The monoisotopic (exact) mass is 370 g/mol. The fourth-order valence-electron chi connectivity index (χ4n) is 4.54. The minimum absolute atomic E-state index is 0.0282. The predicted octanol–water partition coefficient (Wildman–Crippen LogP) is 3.42. The zero-order valence-electron chi connectivity index (χ0n) is 15.9. The van der Waals surface area contributed by atoms with Crippen LogP contribution in [0.3, 0.4) is 0 Å². The second-order valence-corrected chi connectivity index (χ2v) is 8.27. The van der Waals surface area contributed by atoms with Gasteiger partial charge in [0.1, 0.15) is 0 Å². The summed E-state index contributed by atoms with van der Waals surface area (Å²) in [5, 5.41) is 9.38. The summed E-state index contributed by atoms with van der Waals surface area (Å²) in [5.74, 6) is 0.292. The lowest BCUT2D eigenvalue weighted by Gasteiger charge is -2.23. The van der Waals surface area contributed by atoms with Crippen LogP contribution in [-0.2, 0) is 4.79 Å². The lowest BCUT2D eigenvalue weighted by atomic mass is 9.92. The van der Waals surface area contributed by atoms with Gasteiger partial charge in [-0.25, -0.2) is 4.79 Å². The molecule has 146 valence electrons. The highest BCUT2D eigenvalue weighted by Gasteiger charge is 2.57. The number of carbonyl (C=O) groups is 2. The Morgan fingerprint density at radius 1 is 0.926 bits per heavy atom. The molecule has 2 aliphatic heterocycles. The fraction of sp³-hybridized carbons (Fsp3) is 0.619. The summed E-state index contributed by atoms with van der Waals surface area (Å²) < 4.78 is 0. The van der Waals surface area contributed by atoms with Crippen LogP contribution in [0.25, 0.3) is 0 Å². The molecular weight excluding hydrogens is 340 g/mol. The van der Waals surface area contributed by atoms with Gasteiger partial charge in [-0.2, -0.15) is 0 Å². The number of amides is 3. The predicted molar refractivity (Wildman–Crippen MR) is 107 cm³/mol. The minimum atomic E-state index is -0.0282. The van der Waals surface area contributed by atoms with Crippen molar-refractivity contribution in [2.45, 2.75) is 44.9 Å². The molecule has 3 amide bonds. The Kier molecular flexibility index (Phi) is 5.34. The summed E-state index contributed by atoms with van der Waals surface area (Å²) in [4.78, 5) is 26.8. The Morgan fingerprint density at radius 2 is 1.52 bits per heavy atom. The number of rotatable bonds is 3. The zero-order valence-corrected chi connectivity index (χ0v) is 15.9. The van der Waals surface area contributed by atoms with Crippen LogP contribution in [0, 0.1) is 11.3 Å². The first-order chi connectivity index (χ1) is 13.2. The number of likely N-dealkylation sites (tertiary alicyclic amines) is 1. The molecule has 1 aromatic carbocycles. The van der Waals surface area contributed by atoms with Crippen molar-refractivity contribution in [3.05, 3.63) is 24.3 Å². The topological polar surface area (TPSA) is 73.5 Å². The molecule has 3 fully saturated rings. The summed E-state index contributed by atoms with van der Waals surface area (Å²) in [6.45, 7) is 3.71. The second-order valence-electron chi connectivity index (χ2n) is 8.27. The molecule has 1 unspecified atom stereocenters. The highest BCUT2D eigenvalue weighted by Crippen LogP contribution is 2.58. The molecule has 1 spiro atoms. The van der Waals surface area contributed by atoms with E-state index in [4.69, 9.17) is 0 Å². The molecule has 3 N–H and O–H groups in total. The zero-order chi connectivity index (χ0) is 18.7. The molecule has 1 aliphatic carbocycles. The van der Waals surface area contributed by atoms with Crippen LogP contribution < -0.4 is 16.0 Å². The largest absolute Gasteiger partial charge is 0.326 e. The van der Waals surface area contributed by atoms with Crippen molar-refractivity contribution >= 4 is 23.3 Å². The van der Waals surface area contributed by atoms with Gasteiger partial charge in [0.15, 0.2) is 0 Å². The van der Waals surface area contributed by atoms with Gasteiger partial charge in [0.2, 0.25) is 5.91 Å². The highest BCUT2D eigenvalue weighted by atomic mass is 16.2. The summed E-state index contributed by atoms with van der Waals surface area (Å²) in [5.41, 5.74) is 1.81. The van der Waals surface area contributed by atoms with Gasteiger partial charge >= 0.3 is 6.03 Å². The Balaban J connectivity index is 1.28. The van der Waals surface area contributed by atoms with Crippen molar-refractivity contribution in [3.8, 4) is 0 Å². The molecule has 4 rings (SSSR count). The Labute approximate surface area is 161 Å². The number of nitrogens with zero attached hydrogens (tertiary/aromatic N) is 1. The quantitative estimate of drug-likeness (QED) is 0.763. The Hall–Kier alpha value is -2.08. The van der Waals surface area contributed by atoms with Gasteiger partial charge in [-0.3, -0.25) is 4.79 Å². The second kappa shape index (κ2) is 7.89. The van der Waals surface area contributed by atoms with E-state index in [1.165, 1.54) is 12.8 Å². The summed E-state index contributed by atoms with van der Waals surface area (Å²) in [6.07, 6.45) is 7.80. The number of nitrogens with one attached hydrogen (secondary N) is 3. The SMILES string of the molecule is O=C(Nc1ccc(NC(=O)N2CCCCCC2)cc1)C1CC12CCNCC2. The normalized spacial score (nSPS) is 24.1. The standard InChI is InChI=1S/C21H30N4O2/c26-19(18-15-21(18)9-11-22-12-10-21)23-16-5-7-17(8-6-16)24-20(27)25-13-3-1-2-4-14-25/h5-8,18,22H,1-4,9-15H2,(H,23,26)(H,24,27). The van der Waals surface area contributed by atoms with E-state index in [1.54, 1.807) is 0 Å². The number of benzene rings is 1. The maximum Gasteiger partial charge on any atom is 0.321 e. The van der Waals surface area contributed by atoms with E-state index in [-0.39, 0.29) is 23.3 Å². The van der Waals surface area contributed by atoms with E-state index in [9.17, 15) is 9.59 Å². The van der Waals surface area contributed by atoms with E-state index in [0.29, 0.717) is 0 Å². The molecule has 6 heteroatoms. The van der Waals surface area contributed by atoms with Gasteiger partial charge in [0, 0.05) is 30.4 Å². The number of hydrogen-bond donors (Lipinski definition) is 3. The van der Waals surface area contributed by atoms with Crippen LogP contribution in [0.1, 0.15) is 44.9 Å². The van der Waals surface area contributed by atoms with Gasteiger partial charge in [-0.05, 0) is 74.9 Å². The number of piperidine rings is 1. The molecule has 3 aliphatic rings. The minimum Gasteiger partial charge on any atom is -0.326 e. The summed E-state index contributed by atoms with van der Waals surface area (Å²) >= 11 is 0. The summed E-state index contributed by atoms with van der Waals surface area (Å²) in [6, 6.07) is 7.43. The van der Waals surface area contributed by atoms with Crippen LogP contribution in [0.4, 0.5) is 16.2 Å². The molecule has 0 aromatic heterocycles. The third-order valence-electron chi connectivity index (χ3n) is 6.40. The number of hydrogen-bond acceptors (Lipinski definition) is 3. The first-order valence-electron chi connectivity index (χ1n) is 10.3. The van der Waals surface area contributed by atoms with Crippen LogP contribution in [-0.4, -0.2) is 43.0 Å². The van der Waals surface area contributed by atoms with Gasteiger partial charge in [-0.1, -0.05) is 12.8 Å². The lowest BCUT2D eigenvalue weighted by molar-refractivity contribution is -0.118. The third kappa shape index (κ3) is 4.26. The van der Waals surface area contributed by atoms with Gasteiger partial charge in [-0.15, -0.1) is 0 Å². The van der Waals surface area contributed by atoms with Crippen molar-refractivity contribution in [2.75, 3.05) is 36.8 Å². The van der Waals surface area contributed by atoms with Crippen molar-refractivity contribution < 1.29 is 9.59 Å². The smallest absolute Gasteiger partial charge is 0.321 e. The van der Waals surface area contributed by atoms with Crippen LogP contribution in [0.2, 0.25) is 0 Å². The van der Waals surface area contributed by atoms with Gasteiger partial charge in [0.05, 0.1) is 0 Å². The Morgan fingerprint density at radius 3 is 2.15 bits per heavy atom. The van der Waals surface area contributed by atoms with Gasteiger partial charge < -0.3 is 20.9 Å². The molecular formula is C21H30N4O2.